The fourth-order valence-electron chi connectivity index (χ4n) is 2.49. The minimum absolute atomic E-state index is 0.469. The lowest BCUT2D eigenvalue weighted by Gasteiger charge is -2.34. The third-order valence-corrected chi connectivity index (χ3v) is 8.33. The van der Waals surface area contributed by atoms with Gasteiger partial charge < -0.3 is 10.5 Å². The largest absolute Gasteiger partial charge is 0.385 e. The van der Waals surface area contributed by atoms with Gasteiger partial charge in [0, 0.05) is 18.9 Å². The monoisotopic (exact) mass is 345 g/mol. The van der Waals surface area contributed by atoms with Gasteiger partial charge in [-0.3, -0.25) is 9.36 Å². The first-order valence-corrected chi connectivity index (χ1v) is 9.98. The van der Waals surface area contributed by atoms with E-state index >= 15 is 0 Å². The van der Waals surface area contributed by atoms with Crippen LogP contribution in [0.2, 0.25) is 0 Å². The number of nitrogens with two attached hydrogens (primary N) is 1. The van der Waals surface area contributed by atoms with Gasteiger partial charge in [-0.05, 0) is 43.0 Å². The highest BCUT2D eigenvalue weighted by Gasteiger charge is 2.48. The van der Waals surface area contributed by atoms with Crippen molar-refractivity contribution in [3.63, 3.8) is 0 Å². The van der Waals surface area contributed by atoms with Gasteiger partial charge in [0.2, 0.25) is 12.0 Å². The molecule has 0 saturated heterocycles. The van der Waals surface area contributed by atoms with Crippen molar-refractivity contribution in [2.75, 3.05) is 13.7 Å². The van der Waals surface area contributed by atoms with Crippen LogP contribution in [-0.4, -0.2) is 30.4 Å². The van der Waals surface area contributed by atoms with E-state index in [1.807, 2.05) is 37.3 Å². The summed E-state index contributed by atoms with van der Waals surface area (Å²) >= 11 is 6.30. The summed E-state index contributed by atoms with van der Waals surface area (Å²) in [4.78, 5) is 12.3. The lowest BCUT2D eigenvalue weighted by molar-refractivity contribution is -0.112. The quantitative estimate of drug-likeness (QED) is 0.546. The Kier molecular flexibility index (Phi) is 7.27. The average molecular weight is 346 g/mol. The Morgan fingerprint density at radius 1 is 1.41 bits per heavy atom. The molecule has 22 heavy (non-hydrogen) atoms. The van der Waals surface area contributed by atoms with Crippen LogP contribution < -0.4 is 5.73 Å². The summed E-state index contributed by atoms with van der Waals surface area (Å²) in [6.07, 6.45) is 1.69. The van der Waals surface area contributed by atoms with Crippen LogP contribution in [0.5, 0.6) is 0 Å². The summed E-state index contributed by atoms with van der Waals surface area (Å²) in [5.74, 6) is 0. The molecular weight excluding hydrogens is 321 g/mol. The van der Waals surface area contributed by atoms with E-state index < -0.39 is 23.2 Å². The Morgan fingerprint density at radius 3 is 2.50 bits per heavy atom. The molecule has 1 aromatic carbocycles. The maximum Gasteiger partial charge on any atom is 0.239 e. The third kappa shape index (κ3) is 4.66. The van der Waals surface area contributed by atoms with Crippen LogP contribution in [0, 0.1) is 0 Å². The summed E-state index contributed by atoms with van der Waals surface area (Å²) in [6, 6.07) is 8.80. The van der Waals surface area contributed by atoms with Crippen LogP contribution in [-0.2, 0) is 20.5 Å². The topological polar surface area (TPSA) is 69.4 Å². The smallest absolute Gasteiger partial charge is 0.239 e. The van der Waals surface area contributed by atoms with Gasteiger partial charge in [-0.25, -0.2) is 0 Å². The van der Waals surface area contributed by atoms with Crippen molar-refractivity contribution in [1.82, 2.24) is 0 Å². The Morgan fingerprint density at radius 2 is 2.00 bits per heavy atom. The van der Waals surface area contributed by atoms with E-state index in [2.05, 4.69) is 0 Å². The molecule has 0 aliphatic heterocycles. The number of halogens is 1. The normalized spacial score (nSPS) is 18.2. The molecule has 124 valence electrons. The fourth-order valence-corrected chi connectivity index (χ4v) is 5.28. The molecule has 0 spiro atoms. The zero-order chi connectivity index (χ0) is 16.8. The van der Waals surface area contributed by atoms with E-state index in [0.29, 0.717) is 25.9 Å². The number of ether oxygens (including phenoxy) is 1. The lowest BCUT2D eigenvalue weighted by atomic mass is 9.95. The maximum atomic E-state index is 13.1. The second-order valence-electron chi connectivity index (χ2n) is 5.91. The molecule has 0 aliphatic carbocycles. The third-order valence-electron chi connectivity index (χ3n) is 3.86. The van der Waals surface area contributed by atoms with Gasteiger partial charge in [-0.1, -0.05) is 37.3 Å². The Labute approximate surface area is 137 Å². The molecule has 6 heteroatoms. The number of carbonyl (C=O) groups excluding carboxylic acids is 1. The molecule has 2 unspecified atom stereocenters. The fraction of sp³-hybridized carbons (Fsp3) is 0.562. The standard InChI is InChI=1S/C16H25ClNO3P/c1-13(18)15(19)22(17,20)16(2,10-7-11-21-3)12-14-8-5-4-6-9-14/h4-6,8-9,13H,7,10-12,18H2,1-3H3/t13-,16?,22?/m0/s1. The summed E-state index contributed by atoms with van der Waals surface area (Å²) in [7, 11) is 1.61. The molecule has 4 nitrogen and oxygen atoms in total. The summed E-state index contributed by atoms with van der Waals surface area (Å²) < 4.78 is 18.1. The minimum atomic E-state index is -3.61. The van der Waals surface area contributed by atoms with Gasteiger partial charge in [0.05, 0.1) is 6.04 Å². The number of hydrogen-bond acceptors (Lipinski definition) is 4. The predicted molar refractivity (Wildman–Crippen MR) is 91.8 cm³/mol. The van der Waals surface area contributed by atoms with Gasteiger partial charge in [-0.2, -0.15) is 0 Å². The number of hydrogen-bond donors (Lipinski definition) is 1. The zero-order valence-electron chi connectivity index (χ0n) is 13.4. The molecule has 0 fully saturated rings. The lowest BCUT2D eigenvalue weighted by Crippen LogP contribution is -2.35. The SMILES string of the molecule is COCCCC(C)(Cc1ccccc1)P(=O)(Cl)C(=O)[C@H](C)N. The van der Waals surface area contributed by atoms with E-state index in [0.717, 1.165) is 5.56 Å². The van der Waals surface area contributed by atoms with E-state index in [4.69, 9.17) is 21.7 Å². The molecule has 1 aromatic rings. The summed E-state index contributed by atoms with van der Waals surface area (Å²) in [5, 5.41) is -0.834. The molecular formula is C16H25ClNO3P. The molecule has 0 radical (unpaired) electrons. The summed E-state index contributed by atoms with van der Waals surface area (Å²) in [6.45, 7) is 0.253. The second-order valence-corrected chi connectivity index (χ2v) is 9.93. The molecule has 0 saturated carbocycles. The molecule has 3 atom stereocenters. The Hall–Kier alpha value is -0.670. The highest BCUT2D eigenvalue weighted by molar-refractivity contribution is 8.02. The van der Waals surface area contributed by atoms with E-state index in [1.165, 1.54) is 6.92 Å². The number of benzene rings is 1. The van der Waals surface area contributed by atoms with Crippen LogP contribution in [0.1, 0.15) is 32.3 Å². The van der Waals surface area contributed by atoms with Crippen molar-refractivity contribution in [2.24, 2.45) is 5.73 Å². The molecule has 0 bridgehead atoms. The first kappa shape index (κ1) is 19.4. The molecule has 2 N–H and O–H groups in total. The second kappa shape index (κ2) is 8.26. The van der Waals surface area contributed by atoms with Crippen LogP contribution >= 0.6 is 17.7 Å². The molecule has 1 rings (SSSR count). The highest BCUT2D eigenvalue weighted by Crippen LogP contribution is 2.66. The van der Waals surface area contributed by atoms with E-state index in [9.17, 15) is 9.36 Å². The number of methoxy groups -OCH3 is 1. The maximum absolute atomic E-state index is 13.1. The Bertz CT molecular complexity index is 535. The van der Waals surface area contributed by atoms with Crippen LogP contribution in [0.3, 0.4) is 0 Å². The van der Waals surface area contributed by atoms with Gasteiger partial charge in [0.15, 0.2) is 0 Å². The highest BCUT2D eigenvalue weighted by atomic mass is 35.7. The number of carbonyl (C=O) groups is 1. The number of rotatable bonds is 9. The van der Waals surface area contributed by atoms with Crippen molar-refractivity contribution in [2.45, 2.75) is 44.3 Å². The predicted octanol–water partition coefficient (Wildman–Crippen LogP) is 3.81. The van der Waals surface area contributed by atoms with Crippen molar-refractivity contribution < 1.29 is 14.1 Å². The zero-order valence-corrected chi connectivity index (χ0v) is 15.1. The van der Waals surface area contributed by atoms with Crippen molar-refractivity contribution in [3.05, 3.63) is 35.9 Å². The van der Waals surface area contributed by atoms with Crippen LogP contribution in [0.25, 0.3) is 0 Å². The molecule has 0 amide bonds. The van der Waals surface area contributed by atoms with Gasteiger partial charge in [-0.15, -0.1) is 0 Å². The average Bonchev–Trinajstić information content (AvgIpc) is 2.47. The van der Waals surface area contributed by atoms with Crippen LogP contribution in [0.4, 0.5) is 0 Å². The molecule has 0 heterocycles. The molecule has 0 aliphatic rings. The first-order valence-electron chi connectivity index (χ1n) is 7.37. The van der Waals surface area contributed by atoms with Crippen molar-refractivity contribution >= 4 is 23.3 Å². The van der Waals surface area contributed by atoms with Crippen molar-refractivity contribution in [1.29, 1.82) is 0 Å². The van der Waals surface area contributed by atoms with Gasteiger partial charge in [0.25, 0.3) is 0 Å². The van der Waals surface area contributed by atoms with Gasteiger partial charge in [0.1, 0.15) is 0 Å². The minimum Gasteiger partial charge on any atom is -0.385 e. The molecule has 0 aromatic heterocycles. The van der Waals surface area contributed by atoms with Crippen LogP contribution in [0.15, 0.2) is 30.3 Å². The Balaban J connectivity index is 3.10. The first-order chi connectivity index (χ1) is 10.2. The summed E-state index contributed by atoms with van der Waals surface area (Å²) in [5.41, 5.74) is 6.09. The van der Waals surface area contributed by atoms with Crippen molar-refractivity contribution in [3.8, 4) is 0 Å². The van der Waals surface area contributed by atoms with E-state index in [-0.39, 0.29) is 0 Å². The van der Waals surface area contributed by atoms with Gasteiger partial charge >= 0.3 is 0 Å². The van der Waals surface area contributed by atoms with E-state index in [1.54, 1.807) is 7.11 Å².